The average Bonchev–Trinajstić information content (AvgIpc) is 3.01. The van der Waals surface area contributed by atoms with E-state index in [-0.39, 0.29) is 24.0 Å². The minimum atomic E-state index is -0.514. The third-order valence-electron chi connectivity index (χ3n) is 3.91. The third kappa shape index (κ3) is 4.28. The summed E-state index contributed by atoms with van der Waals surface area (Å²) in [5.74, 6) is -0.703. The SMILES string of the molecule is O=C(CNc1ccc(Cl)cc1F)Nc1ccc(N2CCCC2=O)cc1. The largest absolute Gasteiger partial charge is 0.374 e. The molecule has 1 heterocycles. The van der Waals surface area contributed by atoms with Crippen molar-refractivity contribution in [2.45, 2.75) is 12.8 Å². The quantitative estimate of drug-likeness (QED) is 0.854. The van der Waals surface area contributed by atoms with Gasteiger partial charge in [0.25, 0.3) is 0 Å². The van der Waals surface area contributed by atoms with Gasteiger partial charge in [-0.25, -0.2) is 4.39 Å². The molecule has 1 aliphatic heterocycles. The number of anilines is 3. The van der Waals surface area contributed by atoms with Crippen molar-refractivity contribution in [2.75, 3.05) is 28.6 Å². The molecule has 2 aromatic carbocycles. The zero-order valence-corrected chi connectivity index (χ0v) is 14.1. The highest BCUT2D eigenvalue weighted by molar-refractivity contribution is 6.30. The van der Waals surface area contributed by atoms with Gasteiger partial charge >= 0.3 is 0 Å². The van der Waals surface area contributed by atoms with Crippen LogP contribution in [0.3, 0.4) is 0 Å². The van der Waals surface area contributed by atoms with Gasteiger partial charge in [0.15, 0.2) is 0 Å². The fourth-order valence-corrected chi connectivity index (χ4v) is 2.82. The van der Waals surface area contributed by atoms with Gasteiger partial charge in [0.2, 0.25) is 11.8 Å². The highest BCUT2D eigenvalue weighted by atomic mass is 35.5. The molecule has 0 aromatic heterocycles. The Bertz CT molecular complexity index is 795. The third-order valence-corrected chi connectivity index (χ3v) is 4.14. The molecule has 0 atom stereocenters. The molecule has 2 N–H and O–H groups in total. The highest BCUT2D eigenvalue weighted by Crippen LogP contribution is 2.23. The molecule has 0 spiro atoms. The fraction of sp³-hybridized carbons (Fsp3) is 0.222. The number of amides is 2. The zero-order chi connectivity index (χ0) is 17.8. The number of nitrogens with one attached hydrogen (secondary N) is 2. The van der Waals surface area contributed by atoms with E-state index in [4.69, 9.17) is 11.6 Å². The normalized spacial score (nSPS) is 13.8. The van der Waals surface area contributed by atoms with Crippen molar-refractivity contribution in [1.82, 2.24) is 0 Å². The predicted octanol–water partition coefficient (Wildman–Crippen LogP) is 3.66. The maximum atomic E-state index is 13.6. The lowest BCUT2D eigenvalue weighted by Gasteiger charge is -2.16. The number of rotatable bonds is 5. The summed E-state index contributed by atoms with van der Waals surface area (Å²) in [5.41, 5.74) is 1.64. The summed E-state index contributed by atoms with van der Waals surface area (Å²) in [6.45, 7) is 0.645. The second-order valence-electron chi connectivity index (χ2n) is 5.72. The Morgan fingerprint density at radius 1 is 1.20 bits per heavy atom. The summed E-state index contributed by atoms with van der Waals surface area (Å²) in [7, 11) is 0. The van der Waals surface area contributed by atoms with Crippen LogP contribution in [0.15, 0.2) is 42.5 Å². The van der Waals surface area contributed by atoms with E-state index in [0.29, 0.717) is 17.1 Å². The van der Waals surface area contributed by atoms with Crippen LogP contribution in [0.4, 0.5) is 21.5 Å². The van der Waals surface area contributed by atoms with Crippen molar-refractivity contribution in [3.05, 3.63) is 53.3 Å². The lowest BCUT2D eigenvalue weighted by atomic mass is 10.2. The summed E-state index contributed by atoms with van der Waals surface area (Å²) < 4.78 is 13.6. The smallest absolute Gasteiger partial charge is 0.243 e. The maximum Gasteiger partial charge on any atom is 0.243 e. The number of carbonyl (C=O) groups excluding carboxylic acids is 2. The van der Waals surface area contributed by atoms with Crippen LogP contribution in [0.2, 0.25) is 5.02 Å². The lowest BCUT2D eigenvalue weighted by molar-refractivity contribution is -0.117. The topological polar surface area (TPSA) is 61.4 Å². The van der Waals surface area contributed by atoms with E-state index in [2.05, 4.69) is 10.6 Å². The van der Waals surface area contributed by atoms with Crippen molar-refractivity contribution in [3.8, 4) is 0 Å². The van der Waals surface area contributed by atoms with Gasteiger partial charge in [-0.05, 0) is 48.9 Å². The number of hydrogen-bond acceptors (Lipinski definition) is 3. The van der Waals surface area contributed by atoms with Crippen LogP contribution in [0.5, 0.6) is 0 Å². The van der Waals surface area contributed by atoms with Crippen LogP contribution in [0, 0.1) is 5.82 Å². The Kier molecular flexibility index (Phi) is 5.19. The molecule has 1 aliphatic rings. The number of benzene rings is 2. The van der Waals surface area contributed by atoms with E-state index in [1.807, 2.05) is 0 Å². The molecule has 25 heavy (non-hydrogen) atoms. The minimum Gasteiger partial charge on any atom is -0.374 e. The Hall–Kier alpha value is -2.60. The Balaban J connectivity index is 1.55. The molecule has 1 saturated heterocycles. The van der Waals surface area contributed by atoms with Crippen molar-refractivity contribution in [2.24, 2.45) is 0 Å². The monoisotopic (exact) mass is 361 g/mol. The van der Waals surface area contributed by atoms with Crippen LogP contribution in [0.25, 0.3) is 0 Å². The first-order chi connectivity index (χ1) is 12.0. The summed E-state index contributed by atoms with van der Waals surface area (Å²) in [4.78, 5) is 25.4. The number of nitrogens with zero attached hydrogens (tertiary/aromatic N) is 1. The Morgan fingerprint density at radius 3 is 2.60 bits per heavy atom. The molecule has 0 unspecified atom stereocenters. The highest BCUT2D eigenvalue weighted by Gasteiger charge is 2.21. The van der Waals surface area contributed by atoms with Crippen LogP contribution in [0.1, 0.15) is 12.8 Å². The average molecular weight is 362 g/mol. The van der Waals surface area contributed by atoms with Crippen LogP contribution in [-0.4, -0.2) is 24.9 Å². The fourth-order valence-electron chi connectivity index (χ4n) is 2.66. The van der Waals surface area contributed by atoms with Gasteiger partial charge in [-0.2, -0.15) is 0 Å². The van der Waals surface area contributed by atoms with Gasteiger partial charge in [-0.15, -0.1) is 0 Å². The first-order valence-electron chi connectivity index (χ1n) is 7.92. The predicted molar refractivity (Wildman–Crippen MR) is 96.6 cm³/mol. The Morgan fingerprint density at radius 2 is 1.96 bits per heavy atom. The van der Waals surface area contributed by atoms with E-state index in [1.165, 1.54) is 12.1 Å². The molecule has 0 aliphatic carbocycles. The standard InChI is InChI=1S/C18H17ClFN3O2/c19-12-3-8-16(15(20)10-12)21-11-17(24)22-13-4-6-14(7-5-13)23-9-1-2-18(23)25/h3-8,10,21H,1-2,9,11H2,(H,22,24). The molecule has 1 fully saturated rings. The van der Waals surface area contributed by atoms with Gasteiger partial charge in [-0.1, -0.05) is 11.6 Å². The molecule has 130 valence electrons. The van der Waals surface area contributed by atoms with Crippen molar-refractivity contribution in [1.29, 1.82) is 0 Å². The van der Waals surface area contributed by atoms with E-state index < -0.39 is 5.82 Å². The number of carbonyl (C=O) groups is 2. The zero-order valence-electron chi connectivity index (χ0n) is 13.4. The van der Waals surface area contributed by atoms with Crippen LogP contribution >= 0.6 is 11.6 Å². The van der Waals surface area contributed by atoms with Gasteiger partial charge in [0.1, 0.15) is 5.82 Å². The Labute approximate surface area is 149 Å². The molecule has 2 aromatic rings. The minimum absolute atomic E-state index is 0.0785. The molecule has 2 amide bonds. The number of hydrogen-bond donors (Lipinski definition) is 2. The summed E-state index contributed by atoms with van der Waals surface area (Å²) in [6, 6.07) is 11.3. The molecule has 0 bridgehead atoms. The van der Waals surface area contributed by atoms with E-state index in [9.17, 15) is 14.0 Å². The molecular weight excluding hydrogens is 345 g/mol. The molecule has 0 saturated carbocycles. The van der Waals surface area contributed by atoms with E-state index in [0.717, 1.165) is 18.7 Å². The number of halogens is 2. The van der Waals surface area contributed by atoms with E-state index >= 15 is 0 Å². The molecular formula is C18H17ClFN3O2. The second kappa shape index (κ2) is 7.53. The molecule has 0 radical (unpaired) electrons. The molecule has 3 rings (SSSR count). The molecule has 5 nitrogen and oxygen atoms in total. The first-order valence-corrected chi connectivity index (χ1v) is 8.30. The van der Waals surface area contributed by atoms with Gasteiger partial charge in [0.05, 0.1) is 12.2 Å². The second-order valence-corrected chi connectivity index (χ2v) is 6.16. The van der Waals surface area contributed by atoms with Gasteiger partial charge in [-0.3, -0.25) is 9.59 Å². The first kappa shape index (κ1) is 17.2. The van der Waals surface area contributed by atoms with Crippen molar-refractivity contribution in [3.63, 3.8) is 0 Å². The molecule has 7 heteroatoms. The summed E-state index contributed by atoms with van der Waals surface area (Å²) in [6.07, 6.45) is 1.44. The maximum absolute atomic E-state index is 13.6. The summed E-state index contributed by atoms with van der Waals surface area (Å²) >= 11 is 5.68. The van der Waals surface area contributed by atoms with Crippen molar-refractivity contribution < 1.29 is 14.0 Å². The van der Waals surface area contributed by atoms with Crippen molar-refractivity contribution >= 4 is 40.5 Å². The van der Waals surface area contributed by atoms with E-state index in [1.54, 1.807) is 35.2 Å². The summed E-state index contributed by atoms with van der Waals surface area (Å²) in [5, 5.41) is 5.74. The van der Waals surface area contributed by atoms with Gasteiger partial charge in [0, 0.05) is 29.4 Å². The van der Waals surface area contributed by atoms with Gasteiger partial charge < -0.3 is 15.5 Å². The van der Waals surface area contributed by atoms with Crippen LogP contribution < -0.4 is 15.5 Å². The lowest BCUT2D eigenvalue weighted by Crippen LogP contribution is -2.24. The van der Waals surface area contributed by atoms with Crippen LogP contribution in [-0.2, 0) is 9.59 Å².